The largest absolute Gasteiger partial charge is 0.351 e. The third-order valence-electron chi connectivity index (χ3n) is 7.71. The number of hydrogen-bond donors (Lipinski definition) is 0. The maximum absolute atomic E-state index is 15.3. The van der Waals surface area contributed by atoms with E-state index in [1.54, 1.807) is 24.2 Å². The van der Waals surface area contributed by atoms with E-state index in [0.717, 1.165) is 55.8 Å². The molecule has 182 valence electrons. The van der Waals surface area contributed by atoms with Crippen LogP contribution in [-0.4, -0.2) is 66.6 Å². The summed E-state index contributed by atoms with van der Waals surface area (Å²) in [5, 5.41) is 0. The van der Waals surface area contributed by atoms with Gasteiger partial charge in [-0.05, 0) is 70.4 Å². The van der Waals surface area contributed by atoms with Gasteiger partial charge in [0.05, 0.1) is 11.9 Å². The fourth-order valence-electron chi connectivity index (χ4n) is 5.65. The Morgan fingerprint density at radius 1 is 1.06 bits per heavy atom. The number of piperidine rings is 1. The fourth-order valence-corrected chi connectivity index (χ4v) is 5.65. The lowest BCUT2D eigenvalue weighted by molar-refractivity contribution is -0.118. The van der Waals surface area contributed by atoms with E-state index in [1.807, 2.05) is 24.0 Å². The van der Waals surface area contributed by atoms with E-state index in [1.165, 1.54) is 12.8 Å². The SMILES string of the molecule is Cc1ccc(N(c2ncc3c(n2)N(C2CCCC2)CCC(=O)N3C)C2CCN(C)CC2)c(F)c1. The molecule has 2 fully saturated rings. The number of halogens is 1. The summed E-state index contributed by atoms with van der Waals surface area (Å²) in [5.41, 5.74) is 2.15. The Morgan fingerprint density at radius 2 is 1.79 bits per heavy atom. The zero-order valence-corrected chi connectivity index (χ0v) is 20.5. The molecule has 1 aliphatic carbocycles. The first-order valence-electron chi connectivity index (χ1n) is 12.6. The third kappa shape index (κ3) is 4.35. The van der Waals surface area contributed by atoms with Crippen LogP contribution in [0.15, 0.2) is 24.4 Å². The quantitative estimate of drug-likeness (QED) is 0.671. The molecule has 0 bridgehead atoms. The van der Waals surface area contributed by atoms with Gasteiger partial charge in [0, 0.05) is 32.1 Å². The van der Waals surface area contributed by atoms with Gasteiger partial charge in [0.2, 0.25) is 11.9 Å². The summed E-state index contributed by atoms with van der Waals surface area (Å²) in [4.78, 5) is 30.8. The lowest BCUT2D eigenvalue weighted by Crippen LogP contribution is -2.43. The van der Waals surface area contributed by atoms with Gasteiger partial charge in [-0.2, -0.15) is 4.98 Å². The van der Waals surface area contributed by atoms with E-state index in [2.05, 4.69) is 16.8 Å². The molecule has 1 saturated heterocycles. The zero-order valence-electron chi connectivity index (χ0n) is 20.5. The molecule has 1 amide bonds. The molecule has 0 unspecified atom stereocenters. The number of anilines is 4. The average molecular weight is 467 g/mol. The monoisotopic (exact) mass is 466 g/mol. The van der Waals surface area contributed by atoms with E-state index >= 15 is 4.39 Å². The van der Waals surface area contributed by atoms with Crippen molar-refractivity contribution < 1.29 is 9.18 Å². The molecule has 0 N–H and O–H groups in total. The van der Waals surface area contributed by atoms with Gasteiger partial charge in [-0.3, -0.25) is 4.79 Å². The fraction of sp³-hybridized carbons (Fsp3) is 0.577. The number of likely N-dealkylation sites (tertiary alicyclic amines) is 1. The van der Waals surface area contributed by atoms with Crippen LogP contribution in [0.3, 0.4) is 0 Å². The van der Waals surface area contributed by atoms with Gasteiger partial charge in [0.1, 0.15) is 11.5 Å². The van der Waals surface area contributed by atoms with Crippen LogP contribution in [0.2, 0.25) is 0 Å². The smallest absolute Gasteiger partial charge is 0.232 e. The normalized spacial score (nSPS) is 20.5. The van der Waals surface area contributed by atoms with Gasteiger partial charge in [-0.1, -0.05) is 18.9 Å². The first kappa shape index (κ1) is 23.0. The second-order valence-corrected chi connectivity index (χ2v) is 10.1. The van der Waals surface area contributed by atoms with Gasteiger partial charge in [-0.25, -0.2) is 9.37 Å². The van der Waals surface area contributed by atoms with Crippen molar-refractivity contribution in [3.8, 4) is 0 Å². The molecule has 8 heteroatoms. The van der Waals surface area contributed by atoms with Crippen LogP contribution in [0.4, 0.5) is 27.5 Å². The number of carbonyl (C=O) groups is 1. The third-order valence-corrected chi connectivity index (χ3v) is 7.71. The summed E-state index contributed by atoms with van der Waals surface area (Å²) in [6.45, 7) is 4.46. The number of aryl methyl sites for hydroxylation is 1. The van der Waals surface area contributed by atoms with Crippen molar-refractivity contribution in [2.75, 3.05) is 48.4 Å². The van der Waals surface area contributed by atoms with Crippen LogP contribution in [0.25, 0.3) is 0 Å². The molecule has 7 nitrogen and oxygen atoms in total. The molecule has 0 radical (unpaired) electrons. The van der Waals surface area contributed by atoms with Crippen LogP contribution < -0.4 is 14.7 Å². The molecule has 2 aliphatic heterocycles. The molecule has 3 heterocycles. The minimum atomic E-state index is -0.252. The number of aromatic nitrogens is 2. The lowest BCUT2D eigenvalue weighted by Gasteiger charge is -2.38. The molecule has 0 atom stereocenters. The van der Waals surface area contributed by atoms with E-state index in [9.17, 15) is 4.79 Å². The van der Waals surface area contributed by atoms with Gasteiger partial charge in [0.25, 0.3) is 0 Å². The van der Waals surface area contributed by atoms with Crippen molar-refractivity contribution in [2.24, 2.45) is 0 Å². The summed E-state index contributed by atoms with van der Waals surface area (Å²) in [6.07, 6.45) is 8.68. The van der Waals surface area contributed by atoms with Crippen molar-refractivity contribution >= 4 is 29.0 Å². The summed E-state index contributed by atoms with van der Waals surface area (Å²) in [7, 11) is 3.93. The molecule has 2 aromatic rings. The van der Waals surface area contributed by atoms with E-state index in [4.69, 9.17) is 9.97 Å². The molecule has 0 spiro atoms. The highest BCUT2D eigenvalue weighted by molar-refractivity contribution is 5.97. The number of benzene rings is 1. The Hall–Kier alpha value is -2.74. The first-order valence-corrected chi connectivity index (χ1v) is 12.6. The average Bonchev–Trinajstić information content (AvgIpc) is 3.32. The van der Waals surface area contributed by atoms with Crippen molar-refractivity contribution in [1.82, 2.24) is 14.9 Å². The van der Waals surface area contributed by atoms with E-state index in [-0.39, 0.29) is 17.8 Å². The maximum Gasteiger partial charge on any atom is 0.232 e. The summed E-state index contributed by atoms with van der Waals surface area (Å²) >= 11 is 0. The summed E-state index contributed by atoms with van der Waals surface area (Å²) in [6, 6.07) is 5.87. The predicted molar refractivity (Wildman–Crippen MR) is 133 cm³/mol. The Labute approximate surface area is 201 Å². The molecular formula is C26H35FN6O. The lowest BCUT2D eigenvalue weighted by atomic mass is 10.0. The van der Waals surface area contributed by atoms with Crippen LogP contribution in [0.5, 0.6) is 0 Å². The molecule has 3 aliphatic rings. The maximum atomic E-state index is 15.3. The second kappa shape index (κ2) is 9.49. The molecule has 1 aromatic heterocycles. The minimum absolute atomic E-state index is 0.0786. The highest BCUT2D eigenvalue weighted by Gasteiger charge is 2.34. The second-order valence-electron chi connectivity index (χ2n) is 10.1. The van der Waals surface area contributed by atoms with Gasteiger partial charge in [0.15, 0.2) is 5.82 Å². The Bertz CT molecular complexity index is 1050. The standard InChI is InChI=1S/C26H35FN6O/c1-18-8-9-22(21(27)16-18)33(20-10-13-30(2)14-11-20)26-28-17-23-25(29-26)32(19-6-4-5-7-19)15-12-24(34)31(23)3/h8-9,16-17,19-20H,4-7,10-15H2,1-3H3. The number of nitrogens with zero attached hydrogens (tertiary/aromatic N) is 6. The van der Waals surface area contributed by atoms with Crippen molar-refractivity contribution in [3.05, 3.63) is 35.8 Å². The zero-order chi connectivity index (χ0) is 23.8. The van der Waals surface area contributed by atoms with Gasteiger partial charge >= 0.3 is 0 Å². The van der Waals surface area contributed by atoms with Crippen molar-refractivity contribution in [3.63, 3.8) is 0 Å². The highest BCUT2D eigenvalue weighted by atomic mass is 19.1. The number of amides is 1. The number of hydrogen-bond acceptors (Lipinski definition) is 6. The van der Waals surface area contributed by atoms with Gasteiger partial charge < -0.3 is 19.6 Å². The van der Waals surface area contributed by atoms with E-state index in [0.29, 0.717) is 30.6 Å². The Kier molecular flexibility index (Phi) is 6.42. The predicted octanol–water partition coefficient (Wildman–Crippen LogP) is 4.27. The van der Waals surface area contributed by atoms with Crippen LogP contribution in [0, 0.1) is 12.7 Å². The molecular weight excluding hydrogens is 431 g/mol. The van der Waals surface area contributed by atoms with Gasteiger partial charge in [-0.15, -0.1) is 0 Å². The number of rotatable bonds is 4. The van der Waals surface area contributed by atoms with E-state index < -0.39 is 0 Å². The molecule has 34 heavy (non-hydrogen) atoms. The Balaban J connectivity index is 1.61. The number of fused-ring (bicyclic) bond motifs is 1. The minimum Gasteiger partial charge on any atom is -0.351 e. The number of carbonyl (C=O) groups excluding carboxylic acids is 1. The first-order chi connectivity index (χ1) is 16.4. The summed E-state index contributed by atoms with van der Waals surface area (Å²) in [5.74, 6) is 1.14. The molecule has 1 saturated carbocycles. The molecule has 1 aromatic carbocycles. The highest BCUT2D eigenvalue weighted by Crippen LogP contribution is 2.39. The summed E-state index contributed by atoms with van der Waals surface area (Å²) < 4.78 is 15.3. The topological polar surface area (TPSA) is 55.8 Å². The van der Waals surface area contributed by atoms with Crippen LogP contribution in [0.1, 0.15) is 50.5 Å². The van der Waals surface area contributed by atoms with Crippen molar-refractivity contribution in [2.45, 2.75) is 64.0 Å². The van der Waals surface area contributed by atoms with Crippen LogP contribution in [-0.2, 0) is 4.79 Å². The van der Waals surface area contributed by atoms with Crippen LogP contribution >= 0.6 is 0 Å². The molecule has 5 rings (SSSR count). The van der Waals surface area contributed by atoms with Crippen molar-refractivity contribution in [1.29, 1.82) is 0 Å². The Morgan fingerprint density at radius 3 is 2.50 bits per heavy atom.